The van der Waals surface area contributed by atoms with Crippen molar-refractivity contribution >= 4 is 23.6 Å². The number of aryl methyl sites for hydroxylation is 3. The molecule has 0 bridgehead atoms. The summed E-state index contributed by atoms with van der Waals surface area (Å²) in [4.78, 5) is 9.04. The lowest BCUT2D eigenvalue weighted by atomic mass is 9.99. The third kappa shape index (κ3) is 3.68. The van der Waals surface area contributed by atoms with Crippen molar-refractivity contribution in [1.29, 1.82) is 0 Å². The highest BCUT2D eigenvalue weighted by Gasteiger charge is 2.09. The van der Waals surface area contributed by atoms with E-state index in [2.05, 4.69) is 54.7 Å². The Balaban J connectivity index is 1.89. The molecule has 0 spiro atoms. The van der Waals surface area contributed by atoms with Gasteiger partial charge in [-0.3, -0.25) is 0 Å². The number of nitrogens with two attached hydrogens (primary N) is 1. The molecule has 2 aromatic heterocycles. The van der Waals surface area contributed by atoms with Crippen LogP contribution in [0.15, 0.2) is 53.6 Å². The lowest BCUT2D eigenvalue weighted by molar-refractivity contribution is 1.15. The number of hydrogen-bond donors (Lipinski definition) is 2. The van der Waals surface area contributed by atoms with Gasteiger partial charge in [0.15, 0.2) is 0 Å². The van der Waals surface area contributed by atoms with Crippen LogP contribution in [0.1, 0.15) is 16.7 Å². The van der Waals surface area contributed by atoms with Crippen LogP contribution in [-0.4, -0.2) is 9.97 Å². The molecular weight excluding hydrogens is 316 g/mol. The van der Waals surface area contributed by atoms with Crippen LogP contribution in [0.25, 0.3) is 11.3 Å². The summed E-state index contributed by atoms with van der Waals surface area (Å²) in [5.41, 5.74) is 11.5. The summed E-state index contributed by atoms with van der Waals surface area (Å²) in [5, 5.41) is 0.812. The summed E-state index contributed by atoms with van der Waals surface area (Å²) >= 11 is 1.41. The van der Waals surface area contributed by atoms with Gasteiger partial charge in [0.2, 0.25) is 0 Å². The van der Waals surface area contributed by atoms with Crippen molar-refractivity contribution in [2.75, 3.05) is 10.5 Å². The van der Waals surface area contributed by atoms with Crippen LogP contribution < -0.4 is 10.5 Å². The maximum atomic E-state index is 5.72. The van der Waals surface area contributed by atoms with Crippen molar-refractivity contribution in [3.8, 4) is 11.3 Å². The first-order chi connectivity index (χ1) is 11.5. The molecule has 0 fully saturated rings. The SMILES string of the molecule is Cc1cc(NSc2cccc(N)n2)nc(-c2c(C)cccc2C)c1. The third-order valence-electron chi connectivity index (χ3n) is 3.71. The zero-order valence-corrected chi connectivity index (χ0v) is 14.8. The molecule has 122 valence electrons. The van der Waals surface area contributed by atoms with E-state index >= 15 is 0 Å². The maximum Gasteiger partial charge on any atom is 0.137 e. The molecule has 0 radical (unpaired) electrons. The number of nitrogens with one attached hydrogen (secondary N) is 1. The normalized spacial score (nSPS) is 10.6. The Morgan fingerprint density at radius 2 is 1.62 bits per heavy atom. The molecule has 0 saturated carbocycles. The lowest BCUT2D eigenvalue weighted by Crippen LogP contribution is -1.98. The van der Waals surface area contributed by atoms with Crippen molar-refractivity contribution in [2.24, 2.45) is 0 Å². The molecule has 0 aliphatic heterocycles. The van der Waals surface area contributed by atoms with E-state index in [0.717, 1.165) is 22.1 Å². The maximum absolute atomic E-state index is 5.72. The smallest absolute Gasteiger partial charge is 0.137 e. The molecule has 3 N–H and O–H groups in total. The number of hydrogen-bond acceptors (Lipinski definition) is 5. The average Bonchev–Trinajstić information content (AvgIpc) is 2.52. The Labute approximate surface area is 146 Å². The van der Waals surface area contributed by atoms with Crippen LogP contribution in [0, 0.1) is 20.8 Å². The lowest BCUT2D eigenvalue weighted by Gasteiger charge is -2.12. The van der Waals surface area contributed by atoms with Gasteiger partial charge >= 0.3 is 0 Å². The molecule has 0 atom stereocenters. The van der Waals surface area contributed by atoms with Crippen LogP contribution in [-0.2, 0) is 0 Å². The highest BCUT2D eigenvalue weighted by Crippen LogP contribution is 2.28. The van der Waals surface area contributed by atoms with Crippen molar-refractivity contribution < 1.29 is 0 Å². The van der Waals surface area contributed by atoms with Gasteiger partial charge in [-0.15, -0.1) is 0 Å². The van der Waals surface area contributed by atoms with Crippen LogP contribution >= 0.6 is 11.9 Å². The van der Waals surface area contributed by atoms with Crippen LogP contribution in [0.4, 0.5) is 11.6 Å². The number of benzene rings is 1. The van der Waals surface area contributed by atoms with Crippen LogP contribution in [0.3, 0.4) is 0 Å². The standard InChI is InChI=1S/C19H20N4S/c1-12-10-15(19-13(2)6-4-7-14(19)3)21-17(11-12)23-24-18-9-5-8-16(20)22-18/h4-11H,1-3H3,(H2,20,22)(H,21,23). The summed E-state index contributed by atoms with van der Waals surface area (Å²) < 4.78 is 3.27. The molecule has 3 aromatic rings. The summed E-state index contributed by atoms with van der Waals surface area (Å²) in [5.74, 6) is 1.32. The first-order valence-corrected chi connectivity index (χ1v) is 8.55. The number of aromatic nitrogens is 2. The predicted octanol–water partition coefficient (Wildman–Crippen LogP) is 4.77. The zero-order chi connectivity index (χ0) is 17.1. The summed E-state index contributed by atoms with van der Waals surface area (Å²) in [6.45, 7) is 6.31. The van der Waals surface area contributed by atoms with E-state index < -0.39 is 0 Å². The van der Waals surface area contributed by atoms with E-state index in [1.54, 1.807) is 6.07 Å². The monoisotopic (exact) mass is 336 g/mol. The second kappa shape index (κ2) is 6.93. The van der Waals surface area contributed by atoms with Gasteiger partial charge in [0, 0.05) is 17.5 Å². The Bertz CT molecular complexity index is 857. The predicted molar refractivity (Wildman–Crippen MR) is 102 cm³/mol. The van der Waals surface area contributed by atoms with E-state index in [9.17, 15) is 0 Å². The number of nitrogens with zero attached hydrogens (tertiary/aromatic N) is 2. The van der Waals surface area contributed by atoms with Crippen molar-refractivity contribution in [3.63, 3.8) is 0 Å². The fourth-order valence-electron chi connectivity index (χ4n) is 2.66. The Kier molecular flexibility index (Phi) is 4.71. The molecule has 0 aliphatic rings. The van der Waals surface area contributed by atoms with E-state index in [0.29, 0.717) is 5.82 Å². The molecule has 3 rings (SSSR count). The molecule has 24 heavy (non-hydrogen) atoms. The van der Waals surface area contributed by atoms with Gasteiger partial charge in [0.1, 0.15) is 16.7 Å². The number of anilines is 2. The fraction of sp³-hybridized carbons (Fsp3) is 0.158. The fourth-order valence-corrected chi connectivity index (χ4v) is 3.27. The summed E-state index contributed by atoms with van der Waals surface area (Å²) in [7, 11) is 0. The van der Waals surface area contributed by atoms with E-state index in [1.165, 1.54) is 28.6 Å². The van der Waals surface area contributed by atoms with Gasteiger partial charge in [0.05, 0.1) is 5.69 Å². The Morgan fingerprint density at radius 1 is 0.917 bits per heavy atom. The quantitative estimate of drug-likeness (QED) is 0.672. The number of rotatable bonds is 4. The molecule has 4 nitrogen and oxygen atoms in total. The van der Waals surface area contributed by atoms with Gasteiger partial charge in [-0.1, -0.05) is 24.3 Å². The molecule has 5 heteroatoms. The molecule has 2 heterocycles. The minimum Gasteiger partial charge on any atom is -0.384 e. The van der Waals surface area contributed by atoms with Crippen LogP contribution in [0.5, 0.6) is 0 Å². The third-order valence-corrected chi connectivity index (χ3v) is 4.46. The van der Waals surface area contributed by atoms with Gasteiger partial charge < -0.3 is 10.5 Å². The van der Waals surface area contributed by atoms with Crippen molar-refractivity contribution in [2.45, 2.75) is 25.8 Å². The van der Waals surface area contributed by atoms with Gasteiger partial charge in [-0.2, -0.15) is 0 Å². The van der Waals surface area contributed by atoms with Crippen molar-refractivity contribution in [3.05, 3.63) is 65.2 Å². The van der Waals surface area contributed by atoms with E-state index in [-0.39, 0.29) is 0 Å². The summed E-state index contributed by atoms with van der Waals surface area (Å²) in [6, 6.07) is 16.0. The Hall–Kier alpha value is -2.53. The average molecular weight is 336 g/mol. The first-order valence-electron chi connectivity index (χ1n) is 7.73. The molecular formula is C19H20N4S. The van der Waals surface area contributed by atoms with Gasteiger partial charge in [-0.25, -0.2) is 9.97 Å². The Morgan fingerprint density at radius 3 is 2.33 bits per heavy atom. The largest absolute Gasteiger partial charge is 0.384 e. The highest BCUT2D eigenvalue weighted by atomic mass is 32.2. The van der Waals surface area contributed by atoms with Crippen LogP contribution in [0.2, 0.25) is 0 Å². The second-order valence-corrected chi connectivity index (χ2v) is 6.61. The zero-order valence-electron chi connectivity index (χ0n) is 14.0. The number of nitrogen functional groups attached to an aromatic ring is 1. The summed E-state index contributed by atoms with van der Waals surface area (Å²) in [6.07, 6.45) is 0. The molecule has 0 saturated heterocycles. The second-order valence-electron chi connectivity index (χ2n) is 5.79. The molecule has 0 amide bonds. The highest BCUT2D eigenvalue weighted by molar-refractivity contribution is 8.00. The van der Waals surface area contributed by atoms with Gasteiger partial charge in [-0.05, 0) is 61.7 Å². The molecule has 0 aliphatic carbocycles. The molecule has 1 aromatic carbocycles. The van der Waals surface area contributed by atoms with Gasteiger partial charge in [0.25, 0.3) is 0 Å². The topological polar surface area (TPSA) is 63.8 Å². The molecule has 0 unspecified atom stereocenters. The van der Waals surface area contributed by atoms with E-state index in [1.807, 2.05) is 18.2 Å². The minimum atomic E-state index is 0.509. The van der Waals surface area contributed by atoms with E-state index in [4.69, 9.17) is 10.7 Å². The first kappa shape index (κ1) is 16.3. The number of pyridine rings is 2. The van der Waals surface area contributed by atoms with Crippen molar-refractivity contribution in [1.82, 2.24) is 9.97 Å². The minimum absolute atomic E-state index is 0.509.